The number of H-pyrrole nitrogens is 1. The number of anilines is 1. The lowest BCUT2D eigenvalue weighted by molar-refractivity contribution is -0.140. The average molecular weight is 423 g/mol. The number of rotatable bonds is 3. The number of aromatic amines is 1. The fourth-order valence-electron chi connectivity index (χ4n) is 4.19. The highest BCUT2D eigenvalue weighted by molar-refractivity contribution is 5.93. The third-order valence-corrected chi connectivity index (χ3v) is 5.72. The molecule has 1 fully saturated rings. The van der Waals surface area contributed by atoms with E-state index in [0.29, 0.717) is 27.9 Å². The number of aromatic nitrogens is 1. The van der Waals surface area contributed by atoms with Crippen molar-refractivity contribution >= 4 is 16.6 Å². The number of benzene rings is 2. The van der Waals surface area contributed by atoms with Crippen molar-refractivity contribution in [2.24, 2.45) is 0 Å². The molecule has 0 amide bonds. The summed E-state index contributed by atoms with van der Waals surface area (Å²) in [6, 6.07) is 9.53. The highest BCUT2D eigenvalue weighted by Crippen LogP contribution is 2.40. The summed E-state index contributed by atoms with van der Waals surface area (Å²) in [5.41, 5.74) is 0.700. The molecule has 2 aliphatic heterocycles. The van der Waals surface area contributed by atoms with Crippen molar-refractivity contribution in [3.05, 3.63) is 59.5 Å². The molecule has 1 saturated heterocycles. The van der Waals surface area contributed by atoms with Crippen molar-refractivity contribution in [3.63, 3.8) is 0 Å². The van der Waals surface area contributed by atoms with Crippen LogP contribution in [0.5, 0.6) is 5.75 Å². The van der Waals surface area contributed by atoms with Gasteiger partial charge in [-0.25, -0.2) is 8.78 Å². The monoisotopic (exact) mass is 423 g/mol. The van der Waals surface area contributed by atoms with E-state index in [1.165, 1.54) is 12.1 Å². The van der Waals surface area contributed by atoms with Gasteiger partial charge in [0.15, 0.2) is 0 Å². The maximum absolute atomic E-state index is 13.7. The Balaban J connectivity index is 1.55. The summed E-state index contributed by atoms with van der Waals surface area (Å²) in [7, 11) is 0. The molecule has 9 heteroatoms. The van der Waals surface area contributed by atoms with E-state index in [9.17, 15) is 22.0 Å². The van der Waals surface area contributed by atoms with E-state index >= 15 is 0 Å². The molecule has 3 heterocycles. The minimum absolute atomic E-state index is 0.220. The van der Waals surface area contributed by atoms with Gasteiger partial charge in [-0.05, 0) is 24.3 Å². The average Bonchev–Trinajstić information content (AvgIpc) is 3.12. The molecule has 0 spiro atoms. The zero-order valence-electron chi connectivity index (χ0n) is 15.6. The second-order valence-electron chi connectivity index (χ2n) is 7.68. The Morgan fingerprint density at radius 3 is 2.63 bits per heavy atom. The van der Waals surface area contributed by atoms with Crippen LogP contribution in [-0.2, 0) is 6.18 Å². The fraction of sp³-hybridized carbons (Fsp3) is 0.333. The molecule has 30 heavy (non-hydrogen) atoms. The number of hydrogen-bond acceptors (Lipinski definition) is 3. The van der Waals surface area contributed by atoms with Gasteiger partial charge in [-0.1, -0.05) is 12.1 Å². The highest BCUT2D eigenvalue weighted by atomic mass is 19.4. The van der Waals surface area contributed by atoms with Gasteiger partial charge in [-0.15, -0.1) is 0 Å². The Bertz CT molecular complexity index is 1090. The van der Waals surface area contributed by atoms with Crippen molar-refractivity contribution in [2.75, 3.05) is 25.0 Å². The second-order valence-corrected chi connectivity index (χ2v) is 7.68. The third kappa shape index (κ3) is 3.27. The molecule has 3 aromatic rings. The Hall–Kier alpha value is -2.81. The maximum atomic E-state index is 13.7. The molecule has 2 aliphatic rings. The minimum Gasteiger partial charge on any atom is -0.491 e. The van der Waals surface area contributed by atoms with Crippen LogP contribution in [0.3, 0.4) is 0 Å². The minimum atomic E-state index is -4.49. The van der Waals surface area contributed by atoms with Gasteiger partial charge in [0.1, 0.15) is 30.0 Å². The molecule has 158 valence electrons. The molecule has 5 rings (SSSR count). The maximum Gasteiger partial charge on any atom is 0.431 e. The number of fused-ring (bicyclic) bond motifs is 2. The molecule has 1 aromatic heterocycles. The first kappa shape index (κ1) is 19.2. The second kappa shape index (κ2) is 6.87. The normalized spacial score (nSPS) is 22.4. The van der Waals surface area contributed by atoms with Crippen LogP contribution in [0.2, 0.25) is 0 Å². The lowest BCUT2D eigenvalue weighted by Gasteiger charge is -2.46. The predicted octanol–water partition coefficient (Wildman–Crippen LogP) is 4.89. The van der Waals surface area contributed by atoms with Crippen molar-refractivity contribution in [2.45, 2.75) is 24.4 Å². The number of hydrogen-bond donors (Lipinski definition) is 2. The van der Waals surface area contributed by atoms with Crippen molar-refractivity contribution < 1.29 is 26.7 Å². The van der Waals surface area contributed by atoms with Crippen molar-refractivity contribution in [1.29, 1.82) is 0 Å². The first-order chi connectivity index (χ1) is 14.3. The SMILES string of the molecule is Fc1ccc2c(c1)OCC(N1CC(F)C1)C2Nc1cccc2[nH]c(C(F)(F)F)cc12. The largest absolute Gasteiger partial charge is 0.491 e. The first-order valence-corrected chi connectivity index (χ1v) is 9.55. The van der Waals surface area contributed by atoms with Gasteiger partial charge >= 0.3 is 6.18 Å². The quantitative estimate of drug-likeness (QED) is 0.589. The lowest BCUT2D eigenvalue weighted by Crippen LogP contribution is -2.59. The van der Waals surface area contributed by atoms with Crippen LogP contribution in [0, 0.1) is 5.82 Å². The van der Waals surface area contributed by atoms with Crippen LogP contribution in [-0.4, -0.2) is 41.8 Å². The number of ether oxygens (including phenoxy) is 1. The molecule has 2 atom stereocenters. The van der Waals surface area contributed by atoms with E-state index in [1.54, 1.807) is 24.3 Å². The first-order valence-electron chi connectivity index (χ1n) is 9.55. The summed E-state index contributed by atoms with van der Waals surface area (Å²) in [4.78, 5) is 4.33. The number of likely N-dealkylation sites (tertiary alicyclic amines) is 1. The van der Waals surface area contributed by atoms with E-state index in [4.69, 9.17) is 4.74 Å². The van der Waals surface area contributed by atoms with E-state index in [1.807, 2.05) is 4.90 Å². The van der Waals surface area contributed by atoms with Crippen molar-refractivity contribution in [1.82, 2.24) is 9.88 Å². The highest BCUT2D eigenvalue weighted by Gasteiger charge is 2.41. The van der Waals surface area contributed by atoms with Crippen LogP contribution in [0.15, 0.2) is 42.5 Å². The summed E-state index contributed by atoms with van der Waals surface area (Å²) in [5, 5.41) is 3.72. The molecule has 4 nitrogen and oxygen atoms in total. The van der Waals surface area contributed by atoms with Gasteiger partial charge in [-0.2, -0.15) is 13.2 Å². The summed E-state index contributed by atoms with van der Waals surface area (Å²) in [6.45, 7) is 0.738. The zero-order chi connectivity index (χ0) is 21.0. The molecule has 2 aromatic carbocycles. The molecule has 2 N–H and O–H groups in total. The standard InChI is InChI=1S/C21H18F5N3O/c22-11-4-5-13-18(6-11)30-10-17(29-8-12(23)9-29)20(13)28-16-3-1-2-15-14(16)7-19(27-15)21(24,25)26/h1-7,12,17,20,27-28H,8-10H2. The summed E-state index contributed by atoms with van der Waals surface area (Å²) >= 11 is 0. The van der Waals surface area contributed by atoms with E-state index < -0.39 is 29.9 Å². The van der Waals surface area contributed by atoms with Gasteiger partial charge < -0.3 is 15.0 Å². The number of nitrogens with one attached hydrogen (secondary N) is 2. The van der Waals surface area contributed by atoms with Gasteiger partial charge in [0.2, 0.25) is 0 Å². The van der Waals surface area contributed by atoms with Crippen LogP contribution < -0.4 is 10.1 Å². The smallest absolute Gasteiger partial charge is 0.431 e. The molecular formula is C21H18F5N3O. The van der Waals surface area contributed by atoms with Crippen molar-refractivity contribution in [3.8, 4) is 5.75 Å². The van der Waals surface area contributed by atoms with E-state index in [0.717, 1.165) is 6.07 Å². The van der Waals surface area contributed by atoms with Gasteiger partial charge in [0, 0.05) is 41.3 Å². The van der Waals surface area contributed by atoms with E-state index in [2.05, 4.69) is 10.3 Å². The Morgan fingerprint density at radius 1 is 1.10 bits per heavy atom. The molecule has 2 unspecified atom stereocenters. The lowest BCUT2D eigenvalue weighted by atomic mass is 9.92. The summed E-state index contributed by atoms with van der Waals surface area (Å²) in [6.07, 6.45) is -5.40. The number of alkyl halides is 4. The molecule has 0 radical (unpaired) electrons. The molecule has 0 aliphatic carbocycles. The Kier molecular flexibility index (Phi) is 4.39. The molecular weight excluding hydrogens is 405 g/mol. The zero-order valence-corrected chi connectivity index (χ0v) is 15.6. The predicted molar refractivity (Wildman–Crippen MR) is 102 cm³/mol. The topological polar surface area (TPSA) is 40.3 Å². The van der Waals surface area contributed by atoms with E-state index in [-0.39, 0.29) is 25.7 Å². The van der Waals surface area contributed by atoms with Gasteiger partial charge in [-0.3, -0.25) is 4.90 Å². The summed E-state index contributed by atoms with van der Waals surface area (Å²) in [5.74, 6) is -0.0698. The van der Waals surface area contributed by atoms with Crippen LogP contribution >= 0.6 is 0 Å². The van der Waals surface area contributed by atoms with Gasteiger partial charge in [0.05, 0.1) is 12.1 Å². The molecule has 0 saturated carbocycles. The third-order valence-electron chi connectivity index (χ3n) is 5.72. The Morgan fingerprint density at radius 2 is 1.90 bits per heavy atom. The van der Waals surface area contributed by atoms with Crippen LogP contribution in [0.4, 0.5) is 27.6 Å². The number of nitrogens with zero attached hydrogens (tertiary/aromatic N) is 1. The van der Waals surface area contributed by atoms with Crippen LogP contribution in [0.25, 0.3) is 10.9 Å². The Labute approximate surface area is 168 Å². The van der Waals surface area contributed by atoms with Crippen LogP contribution in [0.1, 0.15) is 17.3 Å². The summed E-state index contributed by atoms with van der Waals surface area (Å²) < 4.78 is 72.4. The fourth-order valence-corrected chi connectivity index (χ4v) is 4.19. The number of halogens is 5. The van der Waals surface area contributed by atoms with Gasteiger partial charge in [0.25, 0.3) is 0 Å². The molecule has 0 bridgehead atoms.